The molecular formula is C44H71N3O3. The first kappa shape index (κ1) is 38.9. The second-order valence-corrected chi connectivity index (χ2v) is 18.0. The summed E-state index contributed by atoms with van der Waals surface area (Å²) in [5, 5.41) is 6.44. The summed E-state index contributed by atoms with van der Waals surface area (Å²) in [7, 11) is 0. The minimum Gasteiger partial charge on any atom is -0.462 e. The smallest absolute Gasteiger partial charge is 0.306 e. The zero-order chi connectivity index (χ0) is 35.9. The maximum atomic E-state index is 12.9. The van der Waals surface area contributed by atoms with Crippen LogP contribution in [0.5, 0.6) is 0 Å². The maximum Gasteiger partial charge on any atom is 0.306 e. The number of rotatable bonds is 17. The Morgan fingerprint density at radius 2 is 1.78 bits per heavy atom. The Hall–Kier alpha value is -2.37. The number of aromatic nitrogens is 1. The van der Waals surface area contributed by atoms with Crippen molar-refractivity contribution in [1.29, 1.82) is 0 Å². The van der Waals surface area contributed by atoms with Gasteiger partial charge in [0.2, 0.25) is 5.91 Å². The van der Waals surface area contributed by atoms with Crippen LogP contribution in [0.2, 0.25) is 0 Å². The number of fused-ring (bicyclic) bond motifs is 5. The fourth-order valence-corrected chi connectivity index (χ4v) is 11.4. The van der Waals surface area contributed by atoms with Crippen molar-refractivity contribution in [3.8, 4) is 0 Å². The average Bonchev–Trinajstić information content (AvgIpc) is 3.43. The number of carbonyl (C=O) groups excluding carboxylic acids is 2. The van der Waals surface area contributed by atoms with Crippen molar-refractivity contribution in [1.82, 2.24) is 10.3 Å². The summed E-state index contributed by atoms with van der Waals surface area (Å²) in [5.74, 6) is 3.86. The monoisotopic (exact) mass is 690 g/mol. The molecule has 6 nitrogen and oxygen atoms in total. The van der Waals surface area contributed by atoms with Crippen molar-refractivity contribution in [2.24, 2.45) is 45.8 Å². The number of allylic oxidation sites excluding steroid dienone is 1. The molecule has 1 heterocycles. The zero-order valence-electron chi connectivity index (χ0n) is 32.9. The predicted octanol–water partition coefficient (Wildman–Crippen LogP) is 10.5. The van der Waals surface area contributed by atoms with Gasteiger partial charge in [0.1, 0.15) is 6.10 Å². The van der Waals surface area contributed by atoms with Crippen molar-refractivity contribution in [3.05, 3.63) is 35.7 Å². The predicted molar refractivity (Wildman–Crippen MR) is 206 cm³/mol. The first-order chi connectivity index (χ1) is 23.9. The van der Waals surface area contributed by atoms with E-state index in [-0.39, 0.29) is 36.2 Å². The van der Waals surface area contributed by atoms with Crippen molar-refractivity contribution in [3.63, 3.8) is 0 Å². The molecule has 1 amide bonds. The van der Waals surface area contributed by atoms with Crippen molar-refractivity contribution < 1.29 is 14.3 Å². The fraction of sp³-hybridized carbons (Fsp3) is 0.795. The molecule has 3 saturated carbocycles. The number of ether oxygens (including phenoxy) is 1. The average molecular weight is 690 g/mol. The molecule has 0 radical (unpaired) electrons. The van der Waals surface area contributed by atoms with E-state index in [0.717, 1.165) is 92.5 Å². The van der Waals surface area contributed by atoms with Crippen molar-refractivity contribution >= 4 is 17.6 Å². The zero-order valence-corrected chi connectivity index (χ0v) is 32.9. The van der Waals surface area contributed by atoms with Gasteiger partial charge in [-0.3, -0.25) is 14.6 Å². The van der Waals surface area contributed by atoms with Gasteiger partial charge < -0.3 is 15.4 Å². The minimum atomic E-state index is -0.231. The Morgan fingerprint density at radius 3 is 2.56 bits per heavy atom. The number of hydrogen-bond acceptors (Lipinski definition) is 5. The number of pyridine rings is 1. The van der Waals surface area contributed by atoms with Crippen LogP contribution < -0.4 is 10.6 Å². The van der Waals surface area contributed by atoms with Gasteiger partial charge >= 0.3 is 5.97 Å². The SMILES string of the molecule is CCCc1cc(NCCCCNC(=O)CCC(=O)OC2CCC3(C)C(=CCC4[C@]5(C)CC[C@H]([C@H](C)CCCC(C)C)C5CC[C@@]43C)C2)ccn1. The van der Waals surface area contributed by atoms with Crippen molar-refractivity contribution in [2.45, 2.75) is 164 Å². The van der Waals surface area contributed by atoms with E-state index in [2.05, 4.69) is 76.2 Å². The molecule has 6 heteroatoms. The number of unbranched alkanes of at least 4 members (excludes halogenated alkanes) is 1. The number of nitrogens with one attached hydrogen (secondary N) is 2. The highest BCUT2D eigenvalue weighted by Crippen LogP contribution is 2.72. The highest BCUT2D eigenvalue weighted by Gasteiger charge is 2.64. The largest absolute Gasteiger partial charge is 0.462 e. The second-order valence-electron chi connectivity index (χ2n) is 18.0. The lowest BCUT2D eigenvalue weighted by Crippen LogP contribution is -2.58. The van der Waals surface area contributed by atoms with Crippen LogP contribution >= 0.6 is 0 Å². The molecule has 4 aliphatic carbocycles. The van der Waals surface area contributed by atoms with Gasteiger partial charge in [-0.05, 0) is 122 Å². The van der Waals surface area contributed by atoms with E-state index in [9.17, 15) is 9.59 Å². The number of carbonyl (C=O) groups is 2. The quantitative estimate of drug-likeness (QED) is 0.0967. The van der Waals surface area contributed by atoms with Gasteiger partial charge in [0.15, 0.2) is 0 Å². The topological polar surface area (TPSA) is 80.3 Å². The molecule has 0 aromatic carbocycles. The van der Waals surface area contributed by atoms with Crippen LogP contribution in [0.15, 0.2) is 30.0 Å². The summed E-state index contributed by atoms with van der Waals surface area (Å²) in [5.41, 5.74) is 4.68. The van der Waals surface area contributed by atoms with E-state index in [1.54, 1.807) is 0 Å². The third kappa shape index (κ3) is 8.63. The highest BCUT2D eigenvalue weighted by molar-refractivity contribution is 5.81. The molecule has 0 saturated heterocycles. The molecule has 0 aliphatic heterocycles. The van der Waals surface area contributed by atoms with Crippen LogP contribution in [-0.2, 0) is 20.7 Å². The number of amides is 1. The molecule has 2 N–H and O–H groups in total. The van der Waals surface area contributed by atoms with Crippen LogP contribution in [0.3, 0.4) is 0 Å². The van der Waals surface area contributed by atoms with Gasteiger partial charge in [-0.1, -0.05) is 85.8 Å². The Labute approximate surface area is 305 Å². The Bertz CT molecular complexity index is 1330. The van der Waals surface area contributed by atoms with Crippen LogP contribution in [-0.4, -0.2) is 36.1 Å². The summed E-state index contributed by atoms with van der Waals surface area (Å²) in [6.07, 6.45) is 22.4. The summed E-state index contributed by atoms with van der Waals surface area (Å²) < 4.78 is 6.03. The van der Waals surface area contributed by atoms with E-state index in [1.807, 2.05) is 12.3 Å². The third-order valence-corrected chi connectivity index (χ3v) is 14.5. The molecular weight excluding hydrogens is 619 g/mol. The van der Waals surface area contributed by atoms with E-state index >= 15 is 0 Å². The fourth-order valence-electron chi connectivity index (χ4n) is 11.4. The first-order valence-corrected chi connectivity index (χ1v) is 20.7. The Balaban J connectivity index is 1.04. The Morgan fingerprint density at radius 1 is 0.980 bits per heavy atom. The Kier molecular flexibility index (Phi) is 13.2. The molecule has 0 bridgehead atoms. The minimum absolute atomic E-state index is 0.0644. The molecule has 1 aromatic rings. The lowest BCUT2D eigenvalue weighted by atomic mass is 9.39. The molecule has 8 atom stereocenters. The lowest BCUT2D eigenvalue weighted by molar-refractivity contribution is -0.156. The van der Waals surface area contributed by atoms with Gasteiger partial charge in [0, 0.05) is 43.5 Å². The normalized spacial score (nSPS) is 32.4. The summed E-state index contributed by atoms with van der Waals surface area (Å²) >= 11 is 0. The van der Waals surface area contributed by atoms with E-state index in [0.29, 0.717) is 17.4 Å². The van der Waals surface area contributed by atoms with Gasteiger partial charge in [0.25, 0.3) is 0 Å². The second kappa shape index (κ2) is 17.0. The summed E-state index contributed by atoms with van der Waals surface area (Å²) in [6.45, 7) is 18.8. The number of hydrogen-bond donors (Lipinski definition) is 2. The molecule has 4 aliphatic rings. The molecule has 3 fully saturated rings. The van der Waals surface area contributed by atoms with Crippen LogP contribution in [0.1, 0.15) is 157 Å². The van der Waals surface area contributed by atoms with Gasteiger partial charge in [-0.25, -0.2) is 0 Å². The molecule has 1 aromatic heterocycles. The van der Waals surface area contributed by atoms with Crippen LogP contribution in [0.25, 0.3) is 0 Å². The van der Waals surface area contributed by atoms with Crippen LogP contribution in [0, 0.1) is 45.8 Å². The molecule has 4 unspecified atom stereocenters. The van der Waals surface area contributed by atoms with E-state index in [4.69, 9.17) is 4.74 Å². The van der Waals surface area contributed by atoms with Gasteiger partial charge in [0.05, 0.1) is 6.42 Å². The van der Waals surface area contributed by atoms with E-state index in [1.165, 1.54) is 56.9 Å². The van der Waals surface area contributed by atoms with E-state index < -0.39 is 0 Å². The maximum absolute atomic E-state index is 12.9. The number of aryl methyl sites for hydroxylation is 1. The standard InChI is InChI=1S/C44H71N3O3/c1-8-12-34-30-35(22-28-46-34)45-26-9-10-27-47-40(48)17-18-41(49)50-36-19-24-43(6)33(29-36)15-16-39-42(5)23-20-37(32(4)14-11-13-31(2)3)38(42)21-25-44(39,43)7/h15,22,28,30-32,36-39H,8-14,16-21,23-27,29H2,1-7H3,(H,45,46)(H,47,48)/t32-,36?,37-,38?,39?,42-,43?,44+/m1/s1. The molecule has 50 heavy (non-hydrogen) atoms. The lowest BCUT2D eigenvalue weighted by Gasteiger charge is -2.65. The van der Waals surface area contributed by atoms with Gasteiger partial charge in [-0.15, -0.1) is 0 Å². The first-order valence-electron chi connectivity index (χ1n) is 20.7. The van der Waals surface area contributed by atoms with Crippen LogP contribution in [0.4, 0.5) is 5.69 Å². The van der Waals surface area contributed by atoms with Crippen molar-refractivity contribution in [2.75, 3.05) is 18.4 Å². The summed E-state index contributed by atoms with van der Waals surface area (Å²) in [4.78, 5) is 29.8. The number of esters is 1. The number of nitrogens with zero attached hydrogens (tertiary/aromatic N) is 1. The third-order valence-electron chi connectivity index (χ3n) is 14.5. The molecule has 280 valence electrons. The highest BCUT2D eigenvalue weighted by atomic mass is 16.5. The number of anilines is 1. The van der Waals surface area contributed by atoms with Gasteiger partial charge in [-0.2, -0.15) is 0 Å². The summed E-state index contributed by atoms with van der Waals surface area (Å²) in [6, 6.07) is 4.11. The molecule has 0 spiro atoms. The molecule has 5 rings (SSSR count).